The number of hydrogen-bond donors (Lipinski definition) is 0. The lowest BCUT2D eigenvalue weighted by molar-refractivity contribution is -0.142. The maximum atomic E-state index is 13.4. The van der Waals surface area contributed by atoms with Crippen LogP contribution >= 0.6 is 0 Å². The number of aromatic nitrogens is 6. The highest BCUT2D eigenvalue weighted by molar-refractivity contribution is 5.63. The molecule has 7 nitrogen and oxygen atoms in total. The molecule has 0 bridgehead atoms. The van der Waals surface area contributed by atoms with Crippen molar-refractivity contribution in [2.75, 3.05) is 0 Å². The van der Waals surface area contributed by atoms with Crippen molar-refractivity contribution in [3.8, 4) is 28.5 Å². The number of pyridine rings is 1. The largest absolute Gasteiger partial charge is 0.489 e. The van der Waals surface area contributed by atoms with Crippen molar-refractivity contribution in [1.29, 1.82) is 0 Å². The van der Waals surface area contributed by atoms with Gasteiger partial charge in [-0.15, -0.1) is 0 Å². The van der Waals surface area contributed by atoms with Gasteiger partial charge in [0.15, 0.2) is 11.6 Å². The van der Waals surface area contributed by atoms with Crippen LogP contribution in [-0.4, -0.2) is 35.7 Å². The van der Waals surface area contributed by atoms with E-state index in [2.05, 4.69) is 20.2 Å². The second-order valence-corrected chi connectivity index (χ2v) is 9.08. The Hall–Kier alpha value is -3.69. The third-order valence-electron chi connectivity index (χ3n) is 6.47. The van der Waals surface area contributed by atoms with E-state index in [1.54, 1.807) is 42.9 Å². The Kier molecular flexibility index (Phi) is 6.75. The molecule has 0 N–H and O–H groups in total. The zero-order valence-electron chi connectivity index (χ0n) is 19.9. The molecule has 4 aromatic rings. The van der Waals surface area contributed by atoms with Gasteiger partial charge in [0.2, 0.25) is 0 Å². The molecular weight excluding hydrogens is 469 g/mol. The van der Waals surface area contributed by atoms with E-state index in [1.807, 2.05) is 23.7 Å². The molecule has 1 saturated carbocycles. The first-order valence-electron chi connectivity index (χ1n) is 12.1. The van der Waals surface area contributed by atoms with Crippen LogP contribution in [0.25, 0.3) is 22.8 Å². The van der Waals surface area contributed by atoms with Crippen LogP contribution in [-0.2, 0) is 13.2 Å². The predicted octanol–water partition coefficient (Wildman–Crippen LogP) is 6.16. The Labute approximate surface area is 207 Å². The van der Waals surface area contributed by atoms with Gasteiger partial charge in [-0.2, -0.15) is 23.4 Å². The van der Waals surface area contributed by atoms with Crippen LogP contribution in [0.3, 0.4) is 0 Å². The fourth-order valence-electron chi connectivity index (χ4n) is 4.63. The summed E-state index contributed by atoms with van der Waals surface area (Å²) in [6.45, 7) is 1.05. The second-order valence-electron chi connectivity index (χ2n) is 9.08. The van der Waals surface area contributed by atoms with Crippen molar-refractivity contribution < 1.29 is 17.9 Å². The van der Waals surface area contributed by atoms with Crippen LogP contribution in [0.5, 0.6) is 5.75 Å². The molecule has 1 fully saturated rings. The number of benzene rings is 1. The second kappa shape index (κ2) is 10.1. The minimum Gasteiger partial charge on any atom is -0.489 e. The normalized spacial score (nSPS) is 14.8. The SMILES string of the molecule is Cc1c(-c2nc(-c3ccc(OCc4ccncc4)cc3)nn2CC(F)(F)F)cnn1C1CCCCC1. The van der Waals surface area contributed by atoms with E-state index in [0.717, 1.165) is 41.6 Å². The zero-order chi connectivity index (χ0) is 25.1. The zero-order valence-corrected chi connectivity index (χ0v) is 19.9. The minimum absolute atomic E-state index is 0.167. The number of alkyl halides is 3. The third kappa shape index (κ3) is 5.42. The molecule has 1 aliphatic rings. The van der Waals surface area contributed by atoms with Crippen molar-refractivity contribution in [2.45, 2.75) is 64.4 Å². The molecule has 0 spiro atoms. The van der Waals surface area contributed by atoms with E-state index in [-0.39, 0.29) is 17.7 Å². The summed E-state index contributed by atoms with van der Waals surface area (Å²) in [5.41, 5.74) is 2.96. The summed E-state index contributed by atoms with van der Waals surface area (Å²) >= 11 is 0. The van der Waals surface area contributed by atoms with Gasteiger partial charge in [-0.25, -0.2) is 9.67 Å². The number of hydrogen-bond acceptors (Lipinski definition) is 5. The standard InChI is InChI=1S/C26H27F3N6O/c1-18-23(15-31-35(18)21-5-3-2-4-6-21)25-32-24(33-34(25)17-26(27,28)29)20-7-9-22(10-8-20)36-16-19-11-13-30-14-12-19/h7-15,21H,2-6,16-17H2,1H3. The summed E-state index contributed by atoms with van der Waals surface area (Å²) in [6, 6.07) is 11.0. The van der Waals surface area contributed by atoms with Gasteiger partial charge in [-0.3, -0.25) is 9.67 Å². The predicted molar refractivity (Wildman–Crippen MR) is 128 cm³/mol. The van der Waals surface area contributed by atoms with Gasteiger partial charge in [0.05, 0.1) is 17.8 Å². The molecule has 3 heterocycles. The lowest BCUT2D eigenvalue weighted by Crippen LogP contribution is -2.19. The molecule has 0 saturated heterocycles. The quantitative estimate of drug-likeness (QED) is 0.307. The van der Waals surface area contributed by atoms with Crippen LogP contribution in [0.1, 0.15) is 49.4 Å². The first kappa shape index (κ1) is 24.0. The highest BCUT2D eigenvalue weighted by Crippen LogP contribution is 2.33. The summed E-state index contributed by atoms with van der Waals surface area (Å²) in [7, 11) is 0. The van der Waals surface area contributed by atoms with Crippen LogP contribution < -0.4 is 4.74 Å². The van der Waals surface area contributed by atoms with Crippen molar-refractivity contribution in [1.82, 2.24) is 29.5 Å². The van der Waals surface area contributed by atoms with Gasteiger partial charge >= 0.3 is 6.18 Å². The Morgan fingerprint density at radius 2 is 1.72 bits per heavy atom. The highest BCUT2D eigenvalue weighted by Gasteiger charge is 2.32. The molecule has 0 radical (unpaired) electrons. The monoisotopic (exact) mass is 496 g/mol. The van der Waals surface area contributed by atoms with Crippen LogP contribution in [0.15, 0.2) is 55.0 Å². The fourth-order valence-corrected chi connectivity index (χ4v) is 4.63. The summed E-state index contributed by atoms with van der Waals surface area (Å²) < 4.78 is 48.8. The third-order valence-corrected chi connectivity index (χ3v) is 6.47. The summed E-state index contributed by atoms with van der Waals surface area (Å²) in [5.74, 6) is 1.02. The average molecular weight is 497 g/mol. The van der Waals surface area contributed by atoms with Gasteiger partial charge in [-0.05, 0) is 61.7 Å². The average Bonchev–Trinajstić information content (AvgIpc) is 3.46. The summed E-state index contributed by atoms with van der Waals surface area (Å²) in [6.07, 6.45) is 6.10. The van der Waals surface area contributed by atoms with Gasteiger partial charge in [0.1, 0.15) is 18.9 Å². The van der Waals surface area contributed by atoms with E-state index in [0.29, 0.717) is 23.5 Å². The van der Waals surface area contributed by atoms with Crippen molar-refractivity contribution in [2.24, 2.45) is 0 Å². The first-order valence-corrected chi connectivity index (χ1v) is 12.1. The Morgan fingerprint density at radius 3 is 2.42 bits per heavy atom. The van der Waals surface area contributed by atoms with Crippen molar-refractivity contribution >= 4 is 0 Å². The van der Waals surface area contributed by atoms with Crippen molar-refractivity contribution in [3.63, 3.8) is 0 Å². The molecule has 5 rings (SSSR count). The smallest absolute Gasteiger partial charge is 0.408 e. The summed E-state index contributed by atoms with van der Waals surface area (Å²) in [4.78, 5) is 8.51. The molecule has 0 amide bonds. The number of nitrogens with zero attached hydrogens (tertiary/aromatic N) is 6. The Morgan fingerprint density at radius 1 is 1.00 bits per heavy atom. The minimum atomic E-state index is -4.43. The van der Waals surface area contributed by atoms with E-state index in [1.165, 1.54) is 6.42 Å². The van der Waals surface area contributed by atoms with Gasteiger partial charge in [0, 0.05) is 23.7 Å². The molecule has 3 aromatic heterocycles. The highest BCUT2D eigenvalue weighted by atomic mass is 19.4. The Balaban J connectivity index is 1.41. The van der Waals surface area contributed by atoms with Crippen LogP contribution in [0.4, 0.5) is 13.2 Å². The molecule has 188 valence electrons. The maximum absolute atomic E-state index is 13.4. The van der Waals surface area contributed by atoms with E-state index < -0.39 is 12.7 Å². The fraction of sp³-hybridized carbons (Fsp3) is 0.385. The van der Waals surface area contributed by atoms with Crippen LogP contribution in [0, 0.1) is 6.92 Å². The van der Waals surface area contributed by atoms with Gasteiger partial charge in [0.25, 0.3) is 0 Å². The summed E-state index contributed by atoms with van der Waals surface area (Å²) in [5, 5.41) is 8.76. The number of ether oxygens (including phenoxy) is 1. The molecule has 0 atom stereocenters. The molecule has 1 aromatic carbocycles. The van der Waals surface area contributed by atoms with Crippen LogP contribution in [0.2, 0.25) is 0 Å². The van der Waals surface area contributed by atoms with Gasteiger partial charge < -0.3 is 4.74 Å². The lowest BCUT2D eigenvalue weighted by atomic mass is 9.95. The maximum Gasteiger partial charge on any atom is 0.408 e. The topological polar surface area (TPSA) is 70.7 Å². The molecule has 10 heteroatoms. The van der Waals surface area contributed by atoms with E-state index in [9.17, 15) is 13.2 Å². The lowest BCUT2D eigenvalue weighted by Gasteiger charge is -2.23. The molecule has 0 unspecified atom stereocenters. The first-order chi connectivity index (χ1) is 17.4. The molecule has 0 aliphatic heterocycles. The van der Waals surface area contributed by atoms with Gasteiger partial charge in [-0.1, -0.05) is 19.3 Å². The van der Waals surface area contributed by atoms with E-state index >= 15 is 0 Å². The molecule has 36 heavy (non-hydrogen) atoms. The molecule has 1 aliphatic carbocycles. The van der Waals surface area contributed by atoms with E-state index in [4.69, 9.17) is 4.74 Å². The Bertz CT molecular complexity index is 1290. The van der Waals surface area contributed by atoms with Crippen molar-refractivity contribution in [3.05, 3.63) is 66.2 Å². The molecular formula is C26H27F3N6O. The number of halogens is 3. The number of rotatable bonds is 7.